The van der Waals surface area contributed by atoms with Crippen LogP contribution >= 0.6 is 28.3 Å². The fraction of sp³-hybridized carbons (Fsp3) is 0.500. The van der Waals surface area contributed by atoms with Crippen LogP contribution in [0.15, 0.2) is 16.6 Å². The molecule has 118 valence electrons. The molecule has 1 aliphatic rings. The van der Waals surface area contributed by atoms with Crippen LogP contribution < -0.4 is 20.1 Å². The number of methoxy groups -OCH3 is 2. The van der Waals surface area contributed by atoms with Gasteiger partial charge in [0.2, 0.25) is 5.91 Å². The van der Waals surface area contributed by atoms with Gasteiger partial charge in [0, 0.05) is 22.5 Å². The van der Waals surface area contributed by atoms with Crippen molar-refractivity contribution in [3.8, 4) is 11.5 Å². The summed E-state index contributed by atoms with van der Waals surface area (Å²) < 4.78 is 11.2. The van der Waals surface area contributed by atoms with Gasteiger partial charge in [-0.1, -0.05) is 6.92 Å². The van der Waals surface area contributed by atoms with Crippen LogP contribution in [0.1, 0.15) is 6.92 Å². The molecule has 1 aromatic carbocycles. The molecule has 0 spiro atoms. The number of amides is 1. The molecule has 2 N–H and O–H groups in total. The monoisotopic (exact) mass is 378 g/mol. The van der Waals surface area contributed by atoms with E-state index in [0.717, 1.165) is 17.6 Å². The molecule has 1 aromatic rings. The molecule has 0 bridgehead atoms. The minimum Gasteiger partial charge on any atom is -0.493 e. The van der Waals surface area contributed by atoms with Crippen LogP contribution in [0.3, 0.4) is 0 Å². The van der Waals surface area contributed by atoms with Gasteiger partial charge in [0.15, 0.2) is 11.5 Å². The van der Waals surface area contributed by atoms with Crippen LogP contribution in [0.4, 0.5) is 5.69 Å². The van der Waals surface area contributed by atoms with Gasteiger partial charge in [-0.15, -0.1) is 12.4 Å². The molecule has 0 saturated carbocycles. The van der Waals surface area contributed by atoms with Gasteiger partial charge in [-0.3, -0.25) is 4.79 Å². The van der Waals surface area contributed by atoms with E-state index < -0.39 is 0 Å². The summed E-state index contributed by atoms with van der Waals surface area (Å²) in [5, 5.41) is 6.12. The number of hydrogen-bond donors (Lipinski definition) is 2. The summed E-state index contributed by atoms with van der Waals surface area (Å²) in [6, 6.07) is 3.54. The quantitative estimate of drug-likeness (QED) is 0.826. The lowest BCUT2D eigenvalue weighted by atomic mass is 9.88. The predicted octanol–water partition coefficient (Wildman–Crippen LogP) is 2.68. The molecule has 2 rings (SSSR count). The molecule has 1 heterocycles. The fourth-order valence-electron chi connectivity index (χ4n) is 2.08. The smallest absolute Gasteiger partial charge is 0.227 e. The number of hydrogen-bond acceptors (Lipinski definition) is 4. The highest BCUT2D eigenvalue weighted by Crippen LogP contribution is 2.36. The summed E-state index contributed by atoms with van der Waals surface area (Å²) in [5.41, 5.74) is 0.687. The Labute approximate surface area is 139 Å². The third-order valence-electron chi connectivity index (χ3n) is 3.66. The highest BCUT2D eigenvalue weighted by molar-refractivity contribution is 9.10. The third kappa shape index (κ3) is 4.02. The van der Waals surface area contributed by atoms with Crippen molar-refractivity contribution in [2.45, 2.75) is 6.92 Å². The van der Waals surface area contributed by atoms with Crippen molar-refractivity contribution in [2.24, 2.45) is 11.8 Å². The zero-order valence-corrected chi connectivity index (χ0v) is 14.6. The number of nitrogens with one attached hydrogen (secondary N) is 2. The Morgan fingerprint density at radius 1 is 1.33 bits per heavy atom. The molecule has 0 radical (unpaired) electrons. The fourth-order valence-corrected chi connectivity index (χ4v) is 2.50. The molecular weight excluding hydrogens is 360 g/mol. The summed E-state index contributed by atoms with van der Waals surface area (Å²) in [7, 11) is 3.15. The molecule has 5 nitrogen and oxygen atoms in total. The highest BCUT2D eigenvalue weighted by Gasteiger charge is 2.29. The average Bonchev–Trinajstić information content (AvgIpc) is 2.38. The Morgan fingerprint density at radius 3 is 2.38 bits per heavy atom. The van der Waals surface area contributed by atoms with E-state index in [1.807, 2.05) is 6.92 Å². The van der Waals surface area contributed by atoms with Crippen LogP contribution in [-0.2, 0) is 4.79 Å². The lowest BCUT2D eigenvalue weighted by Gasteiger charge is -2.31. The van der Waals surface area contributed by atoms with Crippen molar-refractivity contribution in [1.82, 2.24) is 5.32 Å². The number of anilines is 1. The summed E-state index contributed by atoms with van der Waals surface area (Å²) in [5.74, 6) is 1.62. The number of benzene rings is 1. The first-order valence-electron chi connectivity index (χ1n) is 6.50. The number of carbonyl (C=O) groups is 1. The van der Waals surface area contributed by atoms with Crippen LogP contribution in [0.2, 0.25) is 0 Å². The molecule has 1 amide bonds. The SMILES string of the molecule is COc1cc(Br)c(NC(=O)C(C)C2CNC2)cc1OC.Cl. The van der Waals surface area contributed by atoms with Gasteiger partial charge in [0.05, 0.1) is 19.9 Å². The molecular formula is C14H20BrClN2O3. The molecule has 1 unspecified atom stereocenters. The maximum Gasteiger partial charge on any atom is 0.227 e. The Hall–Kier alpha value is -0.980. The van der Waals surface area contributed by atoms with Crippen LogP contribution in [0, 0.1) is 11.8 Å². The Morgan fingerprint density at radius 2 is 1.90 bits per heavy atom. The number of ether oxygens (including phenoxy) is 2. The molecule has 7 heteroatoms. The predicted molar refractivity (Wildman–Crippen MR) is 88.6 cm³/mol. The molecule has 1 fully saturated rings. The molecule has 1 saturated heterocycles. The van der Waals surface area contributed by atoms with E-state index in [1.54, 1.807) is 26.4 Å². The van der Waals surface area contributed by atoms with Crippen LogP contribution in [0.25, 0.3) is 0 Å². The second-order valence-corrected chi connectivity index (χ2v) is 5.74. The van der Waals surface area contributed by atoms with Gasteiger partial charge in [-0.25, -0.2) is 0 Å². The minimum atomic E-state index is -0.0174. The van der Waals surface area contributed by atoms with Crippen molar-refractivity contribution >= 4 is 39.9 Å². The average molecular weight is 380 g/mol. The standard InChI is InChI=1S/C14H19BrN2O3.ClH/c1-8(9-6-16-7-9)14(18)17-11-5-13(20-3)12(19-2)4-10(11)15;/h4-5,8-9,16H,6-7H2,1-3H3,(H,17,18);1H. The maximum atomic E-state index is 12.2. The molecule has 0 aliphatic carbocycles. The molecule has 1 atom stereocenters. The minimum absolute atomic E-state index is 0. The summed E-state index contributed by atoms with van der Waals surface area (Å²) in [6.07, 6.45) is 0. The van der Waals surface area contributed by atoms with E-state index in [4.69, 9.17) is 9.47 Å². The van der Waals surface area contributed by atoms with Crippen molar-refractivity contribution in [1.29, 1.82) is 0 Å². The zero-order valence-electron chi connectivity index (χ0n) is 12.2. The third-order valence-corrected chi connectivity index (χ3v) is 4.32. The summed E-state index contributed by atoms with van der Waals surface area (Å²) in [4.78, 5) is 12.2. The lowest BCUT2D eigenvalue weighted by Crippen LogP contribution is -2.48. The van der Waals surface area contributed by atoms with Crippen LogP contribution in [-0.4, -0.2) is 33.2 Å². The van der Waals surface area contributed by atoms with Crippen molar-refractivity contribution in [2.75, 3.05) is 32.6 Å². The van der Waals surface area contributed by atoms with Gasteiger partial charge < -0.3 is 20.1 Å². The molecule has 1 aliphatic heterocycles. The van der Waals surface area contributed by atoms with Crippen molar-refractivity contribution in [3.63, 3.8) is 0 Å². The van der Waals surface area contributed by atoms with E-state index in [-0.39, 0.29) is 24.2 Å². The Bertz CT molecular complexity index is 509. The van der Waals surface area contributed by atoms with Crippen LogP contribution in [0.5, 0.6) is 11.5 Å². The number of carbonyl (C=O) groups excluding carboxylic acids is 1. The summed E-state index contributed by atoms with van der Waals surface area (Å²) in [6.45, 7) is 3.76. The van der Waals surface area contributed by atoms with Gasteiger partial charge in [0.1, 0.15) is 0 Å². The zero-order chi connectivity index (χ0) is 14.7. The van der Waals surface area contributed by atoms with Gasteiger partial charge in [0.25, 0.3) is 0 Å². The molecule has 21 heavy (non-hydrogen) atoms. The number of halogens is 2. The van der Waals surface area contributed by atoms with E-state index in [2.05, 4.69) is 26.6 Å². The molecule has 0 aromatic heterocycles. The van der Waals surface area contributed by atoms with Gasteiger partial charge in [-0.2, -0.15) is 0 Å². The lowest BCUT2D eigenvalue weighted by molar-refractivity contribution is -0.121. The second kappa shape index (κ2) is 7.87. The maximum absolute atomic E-state index is 12.2. The first-order chi connectivity index (χ1) is 9.56. The largest absolute Gasteiger partial charge is 0.493 e. The topological polar surface area (TPSA) is 59.6 Å². The van der Waals surface area contributed by atoms with Gasteiger partial charge >= 0.3 is 0 Å². The van der Waals surface area contributed by atoms with Crippen molar-refractivity contribution < 1.29 is 14.3 Å². The number of rotatable bonds is 5. The van der Waals surface area contributed by atoms with Crippen molar-refractivity contribution in [3.05, 3.63) is 16.6 Å². The Kier molecular flexibility index (Phi) is 6.77. The van der Waals surface area contributed by atoms with E-state index in [1.165, 1.54) is 0 Å². The van der Waals surface area contributed by atoms with Gasteiger partial charge in [-0.05, 0) is 34.9 Å². The van der Waals surface area contributed by atoms with E-state index >= 15 is 0 Å². The second-order valence-electron chi connectivity index (χ2n) is 4.88. The normalized spacial score (nSPS) is 15.4. The summed E-state index contributed by atoms with van der Waals surface area (Å²) >= 11 is 3.43. The first-order valence-corrected chi connectivity index (χ1v) is 7.29. The van der Waals surface area contributed by atoms with E-state index in [0.29, 0.717) is 23.1 Å². The first kappa shape index (κ1) is 18.1. The van der Waals surface area contributed by atoms with E-state index in [9.17, 15) is 4.79 Å². The Balaban J connectivity index is 0.00000220. The highest BCUT2D eigenvalue weighted by atomic mass is 79.9.